The summed E-state index contributed by atoms with van der Waals surface area (Å²) in [5.74, 6) is 0.263. The summed E-state index contributed by atoms with van der Waals surface area (Å²) < 4.78 is 0. The predicted octanol–water partition coefficient (Wildman–Crippen LogP) is 2.26. The van der Waals surface area contributed by atoms with E-state index < -0.39 is 0 Å². The summed E-state index contributed by atoms with van der Waals surface area (Å²) in [5, 5.41) is 6.15. The third-order valence-corrected chi connectivity index (χ3v) is 3.85. The van der Waals surface area contributed by atoms with Crippen LogP contribution in [-0.2, 0) is 4.79 Å². The van der Waals surface area contributed by atoms with E-state index in [1.165, 1.54) is 5.56 Å². The van der Waals surface area contributed by atoms with Crippen molar-refractivity contribution in [3.63, 3.8) is 0 Å². The summed E-state index contributed by atoms with van der Waals surface area (Å²) in [7, 11) is 3.74. The van der Waals surface area contributed by atoms with Gasteiger partial charge in [0.2, 0.25) is 5.91 Å². The fourth-order valence-corrected chi connectivity index (χ4v) is 2.64. The van der Waals surface area contributed by atoms with Gasteiger partial charge in [-0.05, 0) is 37.4 Å². The van der Waals surface area contributed by atoms with E-state index in [-0.39, 0.29) is 11.8 Å². The highest BCUT2D eigenvalue weighted by Gasteiger charge is 2.22. The summed E-state index contributed by atoms with van der Waals surface area (Å²) in [6.45, 7) is 4.83. The molecule has 4 heteroatoms. The van der Waals surface area contributed by atoms with Gasteiger partial charge < -0.3 is 10.2 Å². The first-order valence-corrected chi connectivity index (χ1v) is 6.46. The van der Waals surface area contributed by atoms with E-state index >= 15 is 0 Å². The van der Waals surface area contributed by atoms with Gasteiger partial charge in [0.05, 0.1) is 5.92 Å². The van der Waals surface area contributed by atoms with Gasteiger partial charge in [-0.25, -0.2) is 0 Å². The Kier molecular flexibility index (Phi) is 4.96. The molecule has 0 aromatic carbocycles. The molecule has 0 bridgehead atoms. The van der Waals surface area contributed by atoms with Gasteiger partial charge in [-0.1, -0.05) is 6.92 Å². The number of nitrogens with one attached hydrogen (secondary N) is 1. The molecule has 0 aliphatic rings. The zero-order valence-electron chi connectivity index (χ0n) is 10.4. The average molecular weight is 240 g/mol. The van der Waals surface area contributed by atoms with Crippen LogP contribution in [0, 0.1) is 12.8 Å². The number of anilines is 1. The van der Waals surface area contributed by atoms with Crippen molar-refractivity contribution >= 4 is 22.2 Å². The van der Waals surface area contributed by atoms with E-state index in [9.17, 15) is 4.79 Å². The van der Waals surface area contributed by atoms with Crippen molar-refractivity contribution in [2.45, 2.75) is 20.3 Å². The van der Waals surface area contributed by atoms with Crippen LogP contribution in [0.15, 0.2) is 11.4 Å². The average Bonchev–Trinajstić information content (AvgIpc) is 2.70. The first-order chi connectivity index (χ1) is 7.61. The van der Waals surface area contributed by atoms with Crippen LogP contribution in [0.2, 0.25) is 0 Å². The number of carbonyl (C=O) groups excluding carboxylic acids is 1. The Bertz CT molecular complexity index is 349. The monoisotopic (exact) mass is 240 g/mol. The number of carbonyl (C=O) groups is 1. The van der Waals surface area contributed by atoms with Gasteiger partial charge in [-0.3, -0.25) is 4.79 Å². The number of hydrogen-bond donors (Lipinski definition) is 1. The summed E-state index contributed by atoms with van der Waals surface area (Å²) in [5.41, 5.74) is 1.17. The summed E-state index contributed by atoms with van der Waals surface area (Å²) in [6.07, 6.45) is 0.869. The van der Waals surface area contributed by atoms with Gasteiger partial charge >= 0.3 is 0 Å². The van der Waals surface area contributed by atoms with Crippen molar-refractivity contribution in [2.75, 3.05) is 25.5 Å². The normalized spacial score (nSPS) is 12.5. The van der Waals surface area contributed by atoms with Crippen LogP contribution >= 0.6 is 11.3 Å². The maximum atomic E-state index is 12.2. The Labute approximate surface area is 101 Å². The van der Waals surface area contributed by atoms with Gasteiger partial charge in [-0.2, -0.15) is 0 Å². The minimum Gasteiger partial charge on any atom is -0.319 e. The van der Waals surface area contributed by atoms with E-state index in [1.54, 1.807) is 16.2 Å². The second-order valence-corrected chi connectivity index (χ2v) is 4.86. The number of thiophene rings is 1. The highest BCUT2D eigenvalue weighted by Crippen LogP contribution is 2.27. The molecular weight excluding hydrogens is 220 g/mol. The van der Waals surface area contributed by atoms with Crippen molar-refractivity contribution in [1.82, 2.24) is 5.32 Å². The van der Waals surface area contributed by atoms with Gasteiger partial charge in [0.15, 0.2) is 0 Å². The highest BCUT2D eigenvalue weighted by molar-refractivity contribution is 7.14. The topological polar surface area (TPSA) is 32.3 Å². The first kappa shape index (κ1) is 13.2. The van der Waals surface area contributed by atoms with Crippen molar-refractivity contribution in [3.8, 4) is 0 Å². The van der Waals surface area contributed by atoms with Crippen LogP contribution in [0.25, 0.3) is 0 Å². The second-order valence-electron chi connectivity index (χ2n) is 3.97. The molecule has 16 heavy (non-hydrogen) atoms. The van der Waals surface area contributed by atoms with Gasteiger partial charge in [-0.15, -0.1) is 11.3 Å². The number of aryl methyl sites for hydroxylation is 1. The van der Waals surface area contributed by atoms with E-state index in [0.717, 1.165) is 18.0 Å². The van der Waals surface area contributed by atoms with E-state index in [2.05, 4.69) is 12.2 Å². The Morgan fingerprint density at radius 1 is 1.62 bits per heavy atom. The molecule has 0 aliphatic heterocycles. The van der Waals surface area contributed by atoms with E-state index in [1.807, 2.05) is 32.5 Å². The zero-order chi connectivity index (χ0) is 12.1. The lowest BCUT2D eigenvalue weighted by molar-refractivity contribution is -0.122. The van der Waals surface area contributed by atoms with Crippen molar-refractivity contribution in [1.29, 1.82) is 0 Å². The molecule has 0 fully saturated rings. The van der Waals surface area contributed by atoms with Crippen LogP contribution in [0.3, 0.4) is 0 Å². The molecule has 0 spiro atoms. The maximum absolute atomic E-state index is 12.2. The molecular formula is C12H20N2OS. The Morgan fingerprint density at radius 3 is 2.75 bits per heavy atom. The Morgan fingerprint density at radius 2 is 2.31 bits per heavy atom. The van der Waals surface area contributed by atoms with Crippen molar-refractivity contribution in [2.24, 2.45) is 5.92 Å². The molecule has 0 saturated carbocycles. The molecule has 1 aromatic rings. The Balaban J connectivity index is 2.77. The lowest BCUT2D eigenvalue weighted by Gasteiger charge is -2.22. The first-order valence-electron chi connectivity index (χ1n) is 5.58. The van der Waals surface area contributed by atoms with Crippen LogP contribution in [0.4, 0.5) is 5.00 Å². The van der Waals surface area contributed by atoms with Crippen LogP contribution in [-0.4, -0.2) is 26.5 Å². The number of hydrogen-bond acceptors (Lipinski definition) is 3. The molecule has 0 saturated heterocycles. The molecule has 1 amide bonds. The third kappa shape index (κ3) is 2.83. The SMILES string of the molecule is CCC(CNC)C(=O)N(C)c1sccc1C. The van der Waals surface area contributed by atoms with Crippen molar-refractivity contribution < 1.29 is 4.79 Å². The molecule has 0 radical (unpaired) electrons. The molecule has 0 aliphatic carbocycles. The summed E-state index contributed by atoms with van der Waals surface area (Å²) in [6, 6.07) is 2.04. The molecule has 1 atom stereocenters. The molecule has 3 nitrogen and oxygen atoms in total. The molecule has 1 aromatic heterocycles. The van der Waals surface area contributed by atoms with Crippen LogP contribution < -0.4 is 10.2 Å². The van der Waals surface area contributed by atoms with Gasteiger partial charge in [0, 0.05) is 13.6 Å². The van der Waals surface area contributed by atoms with Crippen LogP contribution in [0.1, 0.15) is 18.9 Å². The largest absolute Gasteiger partial charge is 0.319 e. The minimum atomic E-state index is 0.0662. The fourth-order valence-electron chi connectivity index (χ4n) is 1.73. The molecule has 1 unspecified atom stereocenters. The minimum absolute atomic E-state index is 0.0662. The Hall–Kier alpha value is -0.870. The van der Waals surface area contributed by atoms with Crippen molar-refractivity contribution in [3.05, 3.63) is 17.0 Å². The lowest BCUT2D eigenvalue weighted by Crippen LogP contribution is -2.37. The number of rotatable bonds is 5. The predicted molar refractivity (Wildman–Crippen MR) is 70.2 cm³/mol. The number of amides is 1. The van der Waals surface area contributed by atoms with E-state index in [0.29, 0.717) is 0 Å². The molecule has 1 rings (SSSR count). The quantitative estimate of drug-likeness (QED) is 0.856. The van der Waals surface area contributed by atoms with Gasteiger partial charge in [0.25, 0.3) is 0 Å². The fraction of sp³-hybridized carbons (Fsp3) is 0.583. The smallest absolute Gasteiger partial charge is 0.231 e. The van der Waals surface area contributed by atoms with Gasteiger partial charge in [0.1, 0.15) is 5.00 Å². The number of nitrogens with zero attached hydrogens (tertiary/aromatic N) is 1. The third-order valence-electron chi connectivity index (χ3n) is 2.76. The molecule has 1 heterocycles. The standard InChI is InChI=1S/C12H20N2OS/c1-5-10(8-13-3)11(15)14(4)12-9(2)6-7-16-12/h6-7,10,13H,5,8H2,1-4H3. The molecule has 90 valence electrons. The second kappa shape index (κ2) is 6.01. The van der Waals surface area contributed by atoms with Crippen LogP contribution in [0.5, 0.6) is 0 Å². The summed E-state index contributed by atoms with van der Waals surface area (Å²) in [4.78, 5) is 14.0. The molecule has 1 N–H and O–H groups in total. The highest BCUT2D eigenvalue weighted by atomic mass is 32.1. The van der Waals surface area contributed by atoms with E-state index in [4.69, 9.17) is 0 Å². The summed E-state index contributed by atoms with van der Waals surface area (Å²) >= 11 is 1.62. The zero-order valence-corrected chi connectivity index (χ0v) is 11.2. The maximum Gasteiger partial charge on any atom is 0.231 e. The lowest BCUT2D eigenvalue weighted by atomic mass is 10.1.